The van der Waals surface area contributed by atoms with Gasteiger partial charge in [-0.15, -0.1) is 11.8 Å². The SMILES string of the molecule is CSc1[c]cc(C2CCCN(c3ccc(-c4ccccc4S(C)(=O)=O)cc3F)C2=O)cc1. The summed E-state index contributed by atoms with van der Waals surface area (Å²) in [5.74, 6) is -1.02. The van der Waals surface area contributed by atoms with E-state index in [4.69, 9.17) is 0 Å². The lowest BCUT2D eigenvalue weighted by Gasteiger charge is -2.33. The van der Waals surface area contributed by atoms with E-state index >= 15 is 4.39 Å². The number of anilines is 1. The van der Waals surface area contributed by atoms with E-state index in [-0.39, 0.29) is 22.4 Å². The summed E-state index contributed by atoms with van der Waals surface area (Å²) in [6.07, 6.45) is 4.58. The van der Waals surface area contributed by atoms with Gasteiger partial charge in [0.1, 0.15) is 5.82 Å². The van der Waals surface area contributed by atoms with Crippen LogP contribution in [0.25, 0.3) is 11.1 Å². The van der Waals surface area contributed by atoms with Crippen molar-refractivity contribution in [3.63, 3.8) is 0 Å². The van der Waals surface area contributed by atoms with Crippen molar-refractivity contribution >= 4 is 33.2 Å². The zero-order valence-electron chi connectivity index (χ0n) is 17.8. The summed E-state index contributed by atoms with van der Waals surface area (Å²) in [7, 11) is -3.47. The van der Waals surface area contributed by atoms with Gasteiger partial charge in [-0.2, -0.15) is 0 Å². The number of carbonyl (C=O) groups excluding carboxylic acids is 1. The average molecular weight is 469 g/mol. The zero-order valence-corrected chi connectivity index (χ0v) is 19.5. The highest BCUT2D eigenvalue weighted by Gasteiger charge is 2.32. The van der Waals surface area contributed by atoms with Crippen LogP contribution in [0, 0.1) is 11.9 Å². The normalized spacial score (nSPS) is 16.9. The van der Waals surface area contributed by atoms with Crippen LogP contribution in [0.15, 0.2) is 70.5 Å². The van der Waals surface area contributed by atoms with Crippen LogP contribution in [-0.4, -0.2) is 33.4 Å². The minimum atomic E-state index is -3.47. The highest BCUT2D eigenvalue weighted by atomic mass is 32.2. The van der Waals surface area contributed by atoms with Crippen molar-refractivity contribution in [2.24, 2.45) is 0 Å². The molecule has 1 heterocycles. The molecule has 1 aliphatic heterocycles. The molecule has 7 heteroatoms. The van der Waals surface area contributed by atoms with Crippen molar-refractivity contribution < 1.29 is 17.6 Å². The fraction of sp³-hybridized carbons (Fsp3) is 0.240. The summed E-state index contributed by atoms with van der Waals surface area (Å²) >= 11 is 1.59. The molecule has 3 aromatic carbocycles. The van der Waals surface area contributed by atoms with Gasteiger partial charge in [-0.25, -0.2) is 12.8 Å². The number of piperidine rings is 1. The third-order valence-corrected chi connectivity index (χ3v) is 7.55. The molecule has 0 aromatic heterocycles. The Kier molecular flexibility index (Phi) is 6.40. The molecule has 165 valence electrons. The lowest BCUT2D eigenvalue weighted by molar-refractivity contribution is -0.121. The van der Waals surface area contributed by atoms with Gasteiger partial charge in [-0.3, -0.25) is 4.79 Å². The van der Waals surface area contributed by atoms with Crippen molar-refractivity contribution in [3.05, 3.63) is 78.1 Å². The van der Waals surface area contributed by atoms with Gasteiger partial charge in [-0.1, -0.05) is 30.3 Å². The van der Waals surface area contributed by atoms with E-state index < -0.39 is 15.7 Å². The first-order chi connectivity index (χ1) is 15.3. The lowest BCUT2D eigenvalue weighted by atomic mass is 9.89. The smallest absolute Gasteiger partial charge is 0.234 e. The van der Waals surface area contributed by atoms with Crippen molar-refractivity contribution in [2.75, 3.05) is 24.0 Å². The predicted molar refractivity (Wildman–Crippen MR) is 126 cm³/mol. The summed E-state index contributed by atoms with van der Waals surface area (Å²) in [6, 6.07) is 20.0. The van der Waals surface area contributed by atoms with E-state index in [1.54, 1.807) is 42.1 Å². The summed E-state index contributed by atoms with van der Waals surface area (Å²) < 4.78 is 39.5. The van der Waals surface area contributed by atoms with Crippen LogP contribution in [-0.2, 0) is 14.6 Å². The maximum absolute atomic E-state index is 15.2. The Bertz CT molecular complexity index is 1260. The Balaban J connectivity index is 1.65. The van der Waals surface area contributed by atoms with E-state index in [2.05, 4.69) is 6.07 Å². The largest absolute Gasteiger partial charge is 0.309 e. The first-order valence-corrected chi connectivity index (χ1v) is 13.4. The molecular formula is C25H23FNO3S2. The highest BCUT2D eigenvalue weighted by molar-refractivity contribution is 7.98. The predicted octanol–water partition coefficient (Wildman–Crippen LogP) is 5.33. The standard InChI is InChI=1S/C25H23FNO3S2/c1-31-19-12-9-17(10-13-19)21-7-5-15-27(25(21)28)23-14-11-18(16-22(23)26)20-6-3-4-8-24(20)32(2,29)30/h3-4,6,8-12,14,16,21H,5,7,15H2,1-2H3. The molecule has 4 nitrogen and oxygen atoms in total. The van der Waals surface area contributed by atoms with Crippen LogP contribution in [0.3, 0.4) is 0 Å². The molecule has 3 aromatic rings. The monoisotopic (exact) mass is 468 g/mol. The quantitative estimate of drug-likeness (QED) is 0.475. The number of thioether (sulfide) groups is 1. The molecule has 1 radical (unpaired) electrons. The number of hydrogen-bond acceptors (Lipinski definition) is 4. The Hall–Kier alpha value is -2.64. The summed E-state index contributed by atoms with van der Waals surface area (Å²) in [5.41, 5.74) is 1.99. The number of benzene rings is 3. The first-order valence-electron chi connectivity index (χ1n) is 10.3. The van der Waals surface area contributed by atoms with Gasteiger partial charge in [0.2, 0.25) is 5.91 Å². The van der Waals surface area contributed by atoms with Gasteiger partial charge >= 0.3 is 0 Å². The molecule has 0 N–H and O–H groups in total. The number of sulfone groups is 1. The summed E-state index contributed by atoms with van der Waals surface area (Å²) in [5, 5.41) is 0. The van der Waals surface area contributed by atoms with Crippen LogP contribution in [0.2, 0.25) is 0 Å². The van der Waals surface area contributed by atoms with Crippen LogP contribution < -0.4 is 4.90 Å². The Morgan fingerprint density at radius 2 is 1.91 bits per heavy atom. The van der Waals surface area contributed by atoms with E-state index in [9.17, 15) is 13.2 Å². The second kappa shape index (κ2) is 9.08. The number of halogens is 1. The summed E-state index contributed by atoms with van der Waals surface area (Å²) in [4.78, 5) is 15.9. The number of nitrogens with zero attached hydrogens (tertiary/aromatic N) is 1. The zero-order chi connectivity index (χ0) is 22.9. The fourth-order valence-electron chi connectivity index (χ4n) is 4.11. The third kappa shape index (κ3) is 4.45. The van der Waals surface area contributed by atoms with Crippen LogP contribution in [0.1, 0.15) is 24.3 Å². The Morgan fingerprint density at radius 1 is 1.12 bits per heavy atom. The second-order valence-electron chi connectivity index (χ2n) is 7.81. The highest BCUT2D eigenvalue weighted by Crippen LogP contribution is 2.35. The van der Waals surface area contributed by atoms with E-state index in [0.717, 1.165) is 23.1 Å². The molecular weight excluding hydrogens is 445 g/mol. The van der Waals surface area contributed by atoms with Crippen molar-refractivity contribution in [1.29, 1.82) is 0 Å². The molecule has 0 spiro atoms. The van der Waals surface area contributed by atoms with E-state index in [0.29, 0.717) is 24.1 Å². The van der Waals surface area contributed by atoms with Gasteiger partial charge in [-0.05, 0) is 66.6 Å². The molecule has 1 aliphatic rings. The number of amides is 1. The molecule has 4 rings (SSSR count). The van der Waals surface area contributed by atoms with Crippen LogP contribution in [0.4, 0.5) is 10.1 Å². The molecule has 1 unspecified atom stereocenters. The number of hydrogen-bond donors (Lipinski definition) is 0. The van der Waals surface area contributed by atoms with Gasteiger partial charge in [0, 0.05) is 23.3 Å². The van der Waals surface area contributed by atoms with Crippen LogP contribution in [0.5, 0.6) is 0 Å². The van der Waals surface area contributed by atoms with Crippen molar-refractivity contribution in [3.8, 4) is 11.1 Å². The molecule has 0 bridgehead atoms. The van der Waals surface area contributed by atoms with Gasteiger partial charge < -0.3 is 4.90 Å². The van der Waals surface area contributed by atoms with E-state index in [1.807, 2.05) is 24.5 Å². The maximum Gasteiger partial charge on any atom is 0.234 e. The number of rotatable bonds is 5. The topological polar surface area (TPSA) is 54.5 Å². The number of carbonyl (C=O) groups is 1. The molecule has 1 fully saturated rings. The minimum absolute atomic E-state index is 0.135. The Labute approximate surface area is 192 Å². The van der Waals surface area contributed by atoms with Gasteiger partial charge in [0.25, 0.3) is 0 Å². The second-order valence-corrected chi connectivity index (χ2v) is 10.6. The molecule has 32 heavy (non-hydrogen) atoms. The van der Waals surface area contributed by atoms with Crippen molar-refractivity contribution in [1.82, 2.24) is 0 Å². The molecule has 0 aliphatic carbocycles. The molecule has 1 amide bonds. The van der Waals surface area contributed by atoms with E-state index in [1.165, 1.54) is 17.0 Å². The fourth-order valence-corrected chi connectivity index (χ4v) is 5.40. The first kappa shape index (κ1) is 22.6. The van der Waals surface area contributed by atoms with Crippen LogP contribution >= 0.6 is 11.8 Å². The third-order valence-electron chi connectivity index (χ3n) is 5.71. The molecule has 0 saturated carbocycles. The maximum atomic E-state index is 15.2. The van der Waals surface area contributed by atoms with Crippen molar-refractivity contribution in [2.45, 2.75) is 28.6 Å². The average Bonchev–Trinajstić information content (AvgIpc) is 2.79. The molecule has 1 atom stereocenters. The summed E-state index contributed by atoms with van der Waals surface area (Å²) in [6.45, 7) is 0.443. The molecule has 1 saturated heterocycles. The van der Waals surface area contributed by atoms with Gasteiger partial charge in [0.15, 0.2) is 9.84 Å². The lowest BCUT2D eigenvalue weighted by Crippen LogP contribution is -2.40. The minimum Gasteiger partial charge on any atom is -0.309 e. The van der Waals surface area contributed by atoms with Gasteiger partial charge in [0.05, 0.1) is 16.5 Å². The Morgan fingerprint density at radius 3 is 2.56 bits per heavy atom.